The molecule has 1 aromatic rings. The molecule has 5 heteroatoms. The van der Waals surface area contributed by atoms with Gasteiger partial charge in [-0.15, -0.1) is 0 Å². The Bertz CT molecular complexity index is 436. The van der Waals surface area contributed by atoms with Crippen molar-refractivity contribution < 1.29 is 9.90 Å². The van der Waals surface area contributed by atoms with E-state index in [2.05, 4.69) is 10.3 Å². The van der Waals surface area contributed by atoms with Crippen molar-refractivity contribution in [3.63, 3.8) is 0 Å². The maximum Gasteiger partial charge on any atom is 0.242 e. The number of piperidine rings is 1. The number of nitrogens with two attached hydrogens (primary N) is 1. The molecule has 116 valence electrons. The minimum Gasteiger partial charge on any atom is -0.396 e. The van der Waals surface area contributed by atoms with Gasteiger partial charge in [0.2, 0.25) is 5.91 Å². The lowest BCUT2D eigenvalue weighted by atomic mass is 9.93. The number of likely N-dealkylation sites (tertiary alicyclic amines) is 1. The van der Waals surface area contributed by atoms with E-state index in [0.717, 1.165) is 31.4 Å². The molecular weight excluding hydrogens is 266 g/mol. The number of hydrazine groups is 1. The van der Waals surface area contributed by atoms with Gasteiger partial charge in [-0.1, -0.05) is 36.8 Å². The molecule has 2 unspecified atom stereocenters. The molecule has 1 saturated heterocycles. The molecule has 1 heterocycles. The predicted octanol–water partition coefficient (Wildman–Crippen LogP) is 0.997. The van der Waals surface area contributed by atoms with Crippen molar-refractivity contribution >= 4 is 5.91 Å². The Morgan fingerprint density at radius 1 is 1.38 bits per heavy atom. The molecule has 0 aliphatic carbocycles. The van der Waals surface area contributed by atoms with Crippen molar-refractivity contribution in [1.82, 2.24) is 10.3 Å². The number of rotatable bonds is 6. The molecule has 0 aromatic heterocycles. The summed E-state index contributed by atoms with van der Waals surface area (Å²) in [6.45, 7) is 1.82. The van der Waals surface area contributed by atoms with E-state index >= 15 is 0 Å². The Balaban J connectivity index is 2.12. The summed E-state index contributed by atoms with van der Waals surface area (Å²) in [5, 5.41) is 9.22. The highest BCUT2D eigenvalue weighted by molar-refractivity contribution is 5.83. The van der Waals surface area contributed by atoms with Crippen molar-refractivity contribution in [2.45, 2.75) is 37.6 Å². The van der Waals surface area contributed by atoms with Crippen LogP contribution in [0.4, 0.5) is 0 Å². The SMILES string of the molecule is NNC(=O)C(CN1CCCCC1CCO)c1ccccc1. The van der Waals surface area contributed by atoms with Crippen LogP contribution in [-0.2, 0) is 4.79 Å². The standard InChI is InChI=1S/C16H25N3O2/c17-18-16(21)15(13-6-2-1-3-7-13)12-19-10-5-4-8-14(19)9-11-20/h1-3,6-7,14-15,20H,4-5,8-12,17H2,(H,18,21). The van der Waals surface area contributed by atoms with Crippen LogP contribution >= 0.6 is 0 Å². The summed E-state index contributed by atoms with van der Waals surface area (Å²) in [5.41, 5.74) is 3.27. The van der Waals surface area contributed by atoms with Crippen LogP contribution in [-0.4, -0.2) is 41.7 Å². The Morgan fingerprint density at radius 2 is 2.14 bits per heavy atom. The molecular formula is C16H25N3O2. The Labute approximate surface area is 126 Å². The minimum atomic E-state index is -0.268. The third-order valence-corrected chi connectivity index (χ3v) is 4.29. The Kier molecular flexibility index (Phi) is 6.17. The van der Waals surface area contributed by atoms with Crippen LogP contribution in [0.3, 0.4) is 0 Å². The zero-order valence-electron chi connectivity index (χ0n) is 12.4. The number of benzene rings is 1. The molecule has 1 aliphatic heterocycles. The zero-order valence-corrected chi connectivity index (χ0v) is 12.4. The van der Waals surface area contributed by atoms with Gasteiger partial charge < -0.3 is 5.11 Å². The highest BCUT2D eigenvalue weighted by atomic mass is 16.3. The molecule has 5 nitrogen and oxygen atoms in total. The van der Waals surface area contributed by atoms with Gasteiger partial charge in [-0.25, -0.2) is 5.84 Å². The van der Waals surface area contributed by atoms with Crippen LogP contribution in [0.5, 0.6) is 0 Å². The van der Waals surface area contributed by atoms with Gasteiger partial charge in [0, 0.05) is 19.2 Å². The van der Waals surface area contributed by atoms with Crippen molar-refractivity contribution in [2.24, 2.45) is 5.84 Å². The summed E-state index contributed by atoms with van der Waals surface area (Å²) in [4.78, 5) is 14.5. The van der Waals surface area contributed by atoms with Gasteiger partial charge >= 0.3 is 0 Å². The number of carbonyl (C=O) groups is 1. The normalized spacial score (nSPS) is 21.0. The van der Waals surface area contributed by atoms with Crippen molar-refractivity contribution in [3.8, 4) is 0 Å². The van der Waals surface area contributed by atoms with Crippen molar-refractivity contribution in [3.05, 3.63) is 35.9 Å². The van der Waals surface area contributed by atoms with Crippen LogP contribution in [0.1, 0.15) is 37.2 Å². The third-order valence-electron chi connectivity index (χ3n) is 4.29. The smallest absolute Gasteiger partial charge is 0.242 e. The molecule has 2 atom stereocenters. The first-order valence-corrected chi connectivity index (χ1v) is 7.66. The zero-order chi connectivity index (χ0) is 15.1. The molecule has 1 aromatic carbocycles. The third kappa shape index (κ3) is 4.27. The monoisotopic (exact) mass is 291 g/mol. The number of carbonyl (C=O) groups excluding carboxylic acids is 1. The highest BCUT2D eigenvalue weighted by Gasteiger charge is 2.28. The average molecular weight is 291 g/mol. The summed E-state index contributed by atoms with van der Waals surface area (Å²) in [6.07, 6.45) is 4.20. The largest absolute Gasteiger partial charge is 0.396 e. The van der Waals surface area contributed by atoms with Crippen LogP contribution in [0.25, 0.3) is 0 Å². The number of amides is 1. The number of hydrogen-bond acceptors (Lipinski definition) is 4. The summed E-state index contributed by atoms with van der Waals surface area (Å²) in [5.74, 6) is 4.92. The number of hydrogen-bond donors (Lipinski definition) is 3. The molecule has 21 heavy (non-hydrogen) atoms. The topological polar surface area (TPSA) is 78.6 Å². The van der Waals surface area contributed by atoms with Gasteiger partial charge in [-0.3, -0.25) is 15.1 Å². The first kappa shape index (κ1) is 15.9. The molecule has 4 N–H and O–H groups in total. The van der Waals surface area contributed by atoms with Gasteiger partial charge in [0.05, 0.1) is 5.92 Å². The van der Waals surface area contributed by atoms with Crippen LogP contribution in [0.15, 0.2) is 30.3 Å². The molecule has 0 radical (unpaired) electrons. The van der Waals surface area contributed by atoms with Crippen molar-refractivity contribution in [1.29, 1.82) is 0 Å². The maximum atomic E-state index is 12.1. The number of aliphatic hydroxyl groups excluding tert-OH is 1. The fourth-order valence-corrected chi connectivity index (χ4v) is 3.14. The number of nitrogens with one attached hydrogen (secondary N) is 1. The van der Waals surface area contributed by atoms with E-state index < -0.39 is 0 Å². The van der Waals surface area contributed by atoms with Gasteiger partial charge in [0.15, 0.2) is 0 Å². The van der Waals surface area contributed by atoms with E-state index in [1.54, 1.807) is 0 Å². The fraction of sp³-hybridized carbons (Fsp3) is 0.562. The fourth-order valence-electron chi connectivity index (χ4n) is 3.14. The summed E-state index contributed by atoms with van der Waals surface area (Å²) in [6, 6.07) is 10.1. The second-order valence-electron chi connectivity index (χ2n) is 5.63. The molecule has 0 spiro atoms. The summed E-state index contributed by atoms with van der Waals surface area (Å²) in [7, 11) is 0. The minimum absolute atomic E-state index is 0.158. The molecule has 1 amide bonds. The molecule has 0 bridgehead atoms. The average Bonchev–Trinajstić information content (AvgIpc) is 2.54. The summed E-state index contributed by atoms with van der Waals surface area (Å²) < 4.78 is 0. The molecule has 0 saturated carbocycles. The van der Waals surface area contributed by atoms with Gasteiger partial charge in [-0.2, -0.15) is 0 Å². The van der Waals surface area contributed by atoms with E-state index in [-0.39, 0.29) is 18.4 Å². The van der Waals surface area contributed by atoms with E-state index in [4.69, 9.17) is 5.84 Å². The first-order chi connectivity index (χ1) is 10.3. The Hall–Kier alpha value is -1.43. The van der Waals surface area contributed by atoms with Crippen molar-refractivity contribution in [2.75, 3.05) is 19.7 Å². The van der Waals surface area contributed by atoms with Gasteiger partial charge in [0.1, 0.15) is 0 Å². The van der Waals surface area contributed by atoms with Crippen LogP contribution < -0.4 is 11.3 Å². The second-order valence-corrected chi connectivity index (χ2v) is 5.63. The second kappa shape index (κ2) is 8.12. The Morgan fingerprint density at radius 3 is 2.81 bits per heavy atom. The van der Waals surface area contributed by atoms with Crippen LogP contribution in [0.2, 0.25) is 0 Å². The lowest BCUT2D eigenvalue weighted by molar-refractivity contribution is -0.123. The van der Waals surface area contributed by atoms with E-state index in [9.17, 15) is 9.90 Å². The van der Waals surface area contributed by atoms with E-state index in [1.807, 2.05) is 30.3 Å². The molecule has 1 aliphatic rings. The van der Waals surface area contributed by atoms with E-state index in [1.165, 1.54) is 6.42 Å². The van der Waals surface area contributed by atoms with Gasteiger partial charge in [0.25, 0.3) is 0 Å². The number of nitrogens with zero attached hydrogens (tertiary/aromatic N) is 1. The lowest BCUT2D eigenvalue weighted by Crippen LogP contribution is -2.46. The lowest BCUT2D eigenvalue weighted by Gasteiger charge is -2.37. The number of aliphatic hydroxyl groups is 1. The van der Waals surface area contributed by atoms with E-state index in [0.29, 0.717) is 12.6 Å². The quantitative estimate of drug-likeness (QED) is 0.415. The van der Waals surface area contributed by atoms with Gasteiger partial charge in [-0.05, 0) is 31.4 Å². The molecule has 2 rings (SSSR count). The molecule has 1 fully saturated rings. The summed E-state index contributed by atoms with van der Waals surface area (Å²) >= 11 is 0. The maximum absolute atomic E-state index is 12.1. The van der Waals surface area contributed by atoms with Crippen LogP contribution in [0, 0.1) is 0 Å². The first-order valence-electron chi connectivity index (χ1n) is 7.66. The predicted molar refractivity (Wildman–Crippen MR) is 82.4 cm³/mol. The highest BCUT2D eigenvalue weighted by Crippen LogP contribution is 2.24.